The van der Waals surface area contributed by atoms with Crippen LogP contribution in [0, 0.1) is 11.8 Å². The highest BCUT2D eigenvalue weighted by molar-refractivity contribution is 6.38. The van der Waals surface area contributed by atoms with Crippen LogP contribution >= 0.6 is 0 Å². The Morgan fingerprint density at radius 2 is 1.81 bits per heavy atom. The van der Waals surface area contributed by atoms with E-state index in [9.17, 15) is 24.0 Å². The van der Waals surface area contributed by atoms with Crippen molar-refractivity contribution >= 4 is 29.6 Å². The quantitative estimate of drug-likeness (QED) is 0.226. The molecule has 0 saturated carbocycles. The first-order chi connectivity index (χ1) is 17.2. The maximum atomic E-state index is 13.2. The van der Waals surface area contributed by atoms with Crippen LogP contribution in [0.4, 0.5) is 4.79 Å². The molecule has 0 radical (unpaired) electrons. The predicted octanol–water partition coefficient (Wildman–Crippen LogP) is 1.82. The Morgan fingerprint density at radius 3 is 2.42 bits per heavy atom. The Morgan fingerprint density at radius 1 is 1.08 bits per heavy atom. The van der Waals surface area contributed by atoms with Gasteiger partial charge in [0.25, 0.3) is 5.91 Å². The second kappa shape index (κ2) is 14.9. The standard InChI is InChI=1S/C26H38N4O6/c1-4-5-12-27-25(34)22(31)20(15-19-11-13-28-23(19)32)29-24(33)21(14-17(2)3)30-26(35)36-16-18-9-7-6-8-10-18/h6-10,17,19-21H,4-5,11-16H2,1-3H3,(H,27,34)(H,28,32)(H,29,33)(H,30,35)/t19?,20-,21-/m0/s1. The molecule has 3 atom stereocenters. The van der Waals surface area contributed by atoms with Crippen molar-refractivity contribution in [1.82, 2.24) is 21.3 Å². The lowest BCUT2D eigenvalue weighted by molar-refractivity contribution is -0.141. The molecular weight excluding hydrogens is 464 g/mol. The summed E-state index contributed by atoms with van der Waals surface area (Å²) in [7, 11) is 0. The molecule has 0 aliphatic carbocycles. The van der Waals surface area contributed by atoms with Crippen molar-refractivity contribution in [1.29, 1.82) is 0 Å². The summed E-state index contributed by atoms with van der Waals surface area (Å²) < 4.78 is 5.24. The van der Waals surface area contributed by atoms with E-state index in [2.05, 4.69) is 21.3 Å². The zero-order valence-electron chi connectivity index (χ0n) is 21.3. The van der Waals surface area contributed by atoms with E-state index >= 15 is 0 Å². The largest absolute Gasteiger partial charge is 0.445 e. The van der Waals surface area contributed by atoms with Crippen molar-refractivity contribution < 1.29 is 28.7 Å². The number of alkyl carbamates (subject to hydrolysis) is 1. The van der Waals surface area contributed by atoms with Gasteiger partial charge in [0.05, 0.1) is 6.04 Å². The molecule has 10 nitrogen and oxygen atoms in total. The predicted molar refractivity (Wildman–Crippen MR) is 134 cm³/mol. The van der Waals surface area contributed by atoms with Crippen molar-refractivity contribution in [2.75, 3.05) is 13.1 Å². The summed E-state index contributed by atoms with van der Waals surface area (Å²) in [6.07, 6.45) is 1.60. The van der Waals surface area contributed by atoms with Gasteiger partial charge in [0.15, 0.2) is 0 Å². The first-order valence-electron chi connectivity index (χ1n) is 12.6. The fraction of sp³-hybridized carbons (Fsp3) is 0.577. The van der Waals surface area contributed by atoms with Gasteiger partial charge in [-0.05, 0) is 37.2 Å². The van der Waals surface area contributed by atoms with Gasteiger partial charge < -0.3 is 26.0 Å². The number of unbranched alkanes of at least 4 members (excludes halogenated alkanes) is 1. The Bertz CT molecular complexity index is 905. The van der Waals surface area contributed by atoms with Gasteiger partial charge in [-0.25, -0.2) is 4.79 Å². The van der Waals surface area contributed by atoms with E-state index in [0.29, 0.717) is 32.4 Å². The monoisotopic (exact) mass is 502 g/mol. The summed E-state index contributed by atoms with van der Waals surface area (Å²) in [5, 5.41) is 10.5. The van der Waals surface area contributed by atoms with Gasteiger partial charge in [-0.3, -0.25) is 19.2 Å². The molecule has 198 valence electrons. The minimum Gasteiger partial charge on any atom is -0.445 e. The number of hydrogen-bond acceptors (Lipinski definition) is 6. The van der Waals surface area contributed by atoms with Crippen molar-refractivity contribution in [3.05, 3.63) is 35.9 Å². The zero-order valence-corrected chi connectivity index (χ0v) is 21.3. The summed E-state index contributed by atoms with van der Waals surface area (Å²) >= 11 is 0. The number of amides is 4. The van der Waals surface area contributed by atoms with E-state index in [1.54, 1.807) is 0 Å². The highest BCUT2D eigenvalue weighted by atomic mass is 16.5. The number of nitrogens with one attached hydrogen (secondary N) is 4. The number of Topliss-reactive ketones (excluding diaryl/α,β-unsaturated/α-hetero) is 1. The van der Waals surface area contributed by atoms with Crippen LogP contribution < -0.4 is 21.3 Å². The Kier molecular flexibility index (Phi) is 11.9. The van der Waals surface area contributed by atoms with Crippen LogP contribution in [-0.4, -0.2) is 54.8 Å². The van der Waals surface area contributed by atoms with Gasteiger partial charge in [0, 0.05) is 19.0 Å². The third kappa shape index (κ3) is 9.67. The van der Waals surface area contributed by atoms with Crippen LogP contribution in [0.3, 0.4) is 0 Å². The van der Waals surface area contributed by atoms with E-state index in [1.165, 1.54) is 0 Å². The molecule has 10 heteroatoms. The normalized spacial score (nSPS) is 16.6. The number of benzene rings is 1. The van der Waals surface area contributed by atoms with Crippen LogP contribution in [0.2, 0.25) is 0 Å². The molecule has 1 aromatic rings. The molecule has 0 bridgehead atoms. The van der Waals surface area contributed by atoms with Crippen molar-refractivity contribution in [3.63, 3.8) is 0 Å². The number of carbonyl (C=O) groups is 5. The summed E-state index contributed by atoms with van der Waals surface area (Å²) in [6, 6.07) is 6.95. The van der Waals surface area contributed by atoms with Crippen LogP contribution in [0.25, 0.3) is 0 Å². The summed E-state index contributed by atoms with van der Waals surface area (Å²) in [4.78, 5) is 63.1. The topological polar surface area (TPSA) is 143 Å². The molecule has 1 aliphatic heterocycles. The van der Waals surface area contributed by atoms with Crippen LogP contribution in [0.5, 0.6) is 0 Å². The lowest BCUT2D eigenvalue weighted by atomic mass is 9.94. The van der Waals surface area contributed by atoms with E-state index in [-0.39, 0.29) is 24.9 Å². The first-order valence-corrected chi connectivity index (χ1v) is 12.6. The molecule has 2 rings (SSSR count). The van der Waals surface area contributed by atoms with E-state index in [0.717, 1.165) is 12.0 Å². The highest BCUT2D eigenvalue weighted by Crippen LogP contribution is 2.17. The molecule has 4 N–H and O–H groups in total. The number of ketones is 1. The molecule has 1 aromatic carbocycles. The number of hydrogen-bond donors (Lipinski definition) is 4. The molecule has 1 heterocycles. The molecule has 1 unspecified atom stereocenters. The number of carbonyl (C=O) groups excluding carboxylic acids is 5. The Balaban J connectivity index is 2.07. The van der Waals surface area contributed by atoms with Gasteiger partial charge in [-0.2, -0.15) is 0 Å². The second-order valence-corrected chi connectivity index (χ2v) is 9.44. The van der Waals surface area contributed by atoms with Gasteiger partial charge in [-0.1, -0.05) is 57.5 Å². The second-order valence-electron chi connectivity index (χ2n) is 9.44. The van der Waals surface area contributed by atoms with Crippen molar-refractivity contribution in [2.45, 2.75) is 71.6 Å². The summed E-state index contributed by atoms with van der Waals surface area (Å²) in [6.45, 7) is 6.61. The lowest BCUT2D eigenvalue weighted by Crippen LogP contribution is -2.55. The van der Waals surface area contributed by atoms with E-state index < -0.39 is 41.7 Å². The minimum atomic E-state index is -1.19. The van der Waals surface area contributed by atoms with Crippen LogP contribution in [0.1, 0.15) is 58.4 Å². The fourth-order valence-electron chi connectivity index (χ4n) is 3.89. The Hall–Kier alpha value is -3.43. The summed E-state index contributed by atoms with van der Waals surface area (Å²) in [5.41, 5.74) is 0.798. The molecule has 1 fully saturated rings. The van der Waals surface area contributed by atoms with Gasteiger partial charge in [0.2, 0.25) is 17.6 Å². The smallest absolute Gasteiger partial charge is 0.408 e. The third-order valence-corrected chi connectivity index (χ3v) is 5.88. The van der Waals surface area contributed by atoms with Crippen molar-refractivity contribution in [3.8, 4) is 0 Å². The van der Waals surface area contributed by atoms with Crippen LogP contribution in [0.15, 0.2) is 30.3 Å². The zero-order chi connectivity index (χ0) is 26.5. The maximum Gasteiger partial charge on any atom is 0.408 e. The molecule has 0 aromatic heterocycles. The summed E-state index contributed by atoms with van der Waals surface area (Å²) in [5.74, 6) is -2.89. The first kappa shape index (κ1) is 28.8. The average molecular weight is 503 g/mol. The molecule has 0 spiro atoms. The lowest BCUT2D eigenvalue weighted by Gasteiger charge is -2.24. The Labute approximate surface area is 212 Å². The van der Waals surface area contributed by atoms with Gasteiger partial charge >= 0.3 is 6.09 Å². The minimum absolute atomic E-state index is 0.00442. The van der Waals surface area contributed by atoms with Crippen LogP contribution in [-0.2, 0) is 30.5 Å². The SMILES string of the molecule is CCCCNC(=O)C(=O)[C@H](CC1CCNC1=O)NC(=O)[C@H](CC(C)C)NC(=O)OCc1ccccc1. The third-order valence-electron chi connectivity index (χ3n) is 5.88. The van der Waals surface area contributed by atoms with E-state index in [4.69, 9.17) is 4.74 Å². The number of rotatable bonds is 14. The van der Waals surface area contributed by atoms with E-state index in [1.807, 2.05) is 51.1 Å². The highest BCUT2D eigenvalue weighted by Gasteiger charge is 2.35. The average Bonchev–Trinajstić information content (AvgIpc) is 3.26. The van der Waals surface area contributed by atoms with Gasteiger partial charge in [-0.15, -0.1) is 0 Å². The van der Waals surface area contributed by atoms with Crippen molar-refractivity contribution in [2.24, 2.45) is 11.8 Å². The maximum absolute atomic E-state index is 13.2. The number of ether oxygens (including phenoxy) is 1. The molecular formula is C26H38N4O6. The molecule has 1 aliphatic rings. The molecule has 4 amide bonds. The molecule has 36 heavy (non-hydrogen) atoms. The fourth-order valence-corrected chi connectivity index (χ4v) is 3.89. The van der Waals surface area contributed by atoms with Gasteiger partial charge in [0.1, 0.15) is 12.6 Å². The molecule has 1 saturated heterocycles.